The van der Waals surface area contributed by atoms with Gasteiger partial charge in [-0.1, -0.05) is 35.5 Å². The van der Waals surface area contributed by atoms with Gasteiger partial charge in [0.05, 0.1) is 14.2 Å². The van der Waals surface area contributed by atoms with Crippen LogP contribution in [0.3, 0.4) is 0 Å². The number of nitrogens with one attached hydrogen (secondary N) is 1. The highest BCUT2D eigenvalue weighted by atomic mass is 16.5. The van der Waals surface area contributed by atoms with Crippen LogP contribution < -0.4 is 14.8 Å². The molecule has 7 heteroatoms. The van der Waals surface area contributed by atoms with Crippen LogP contribution in [0.1, 0.15) is 30.3 Å². The Hall–Kier alpha value is -3.35. The first kappa shape index (κ1) is 19.0. The molecular weight excluding hydrogens is 370 g/mol. The molecule has 1 N–H and O–H groups in total. The SMILES string of the molecule is COc1cc(OC)cc(-c2noc([C@H](Cc3ccccc3)NC(=O)C3CC3)n2)c1. The topological polar surface area (TPSA) is 86.5 Å². The first-order valence-corrected chi connectivity index (χ1v) is 9.57. The third-order valence-corrected chi connectivity index (χ3v) is 4.90. The van der Waals surface area contributed by atoms with Gasteiger partial charge in [0.1, 0.15) is 17.5 Å². The van der Waals surface area contributed by atoms with Gasteiger partial charge in [-0.05, 0) is 30.5 Å². The van der Waals surface area contributed by atoms with Gasteiger partial charge in [0.15, 0.2) is 0 Å². The summed E-state index contributed by atoms with van der Waals surface area (Å²) in [6.45, 7) is 0. The molecule has 0 spiro atoms. The minimum Gasteiger partial charge on any atom is -0.497 e. The monoisotopic (exact) mass is 393 g/mol. The summed E-state index contributed by atoms with van der Waals surface area (Å²) < 4.78 is 16.2. The molecule has 4 rings (SSSR count). The van der Waals surface area contributed by atoms with Gasteiger partial charge in [-0.3, -0.25) is 4.79 Å². The molecule has 7 nitrogen and oxygen atoms in total. The van der Waals surface area contributed by atoms with Crippen molar-refractivity contribution >= 4 is 5.91 Å². The lowest BCUT2D eigenvalue weighted by Gasteiger charge is -2.15. The number of hydrogen-bond acceptors (Lipinski definition) is 6. The van der Waals surface area contributed by atoms with Crippen molar-refractivity contribution in [3.8, 4) is 22.9 Å². The largest absolute Gasteiger partial charge is 0.497 e. The molecule has 0 aliphatic heterocycles. The summed E-state index contributed by atoms with van der Waals surface area (Å²) in [6, 6.07) is 14.9. The molecule has 1 atom stereocenters. The number of rotatable bonds is 8. The number of hydrogen-bond donors (Lipinski definition) is 1. The Morgan fingerprint density at radius 1 is 1.14 bits per heavy atom. The third-order valence-electron chi connectivity index (χ3n) is 4.90. The Labute approximate surface area is 169 Å². The Morgan fingerprint density at radius 2 is 1.83 bits per heavy atom. The number of amides is 1. The van der Waals surface area contributed by atoms with E-state index in [4.69, 9.17) is 14.0 Å². The molecule has 1 aliphatic carbocycles. The quantitative estimate of drug-likeness (QED) is 0.630. The van der Waals surface area contributed by atoms with Crippen molar-refractivity contribution in [1.29, 1.82) is 0 Å². The molecule has 1 heterocycles. The van der Waals surface area contributed by atoms with Crippen LogP contribution >= 0.6 is 0 Å². The summed E-state index contributed by atoms with van der Waals surface area (Å²) in [5, 5.41) is 7.19. The highest BCUT2D eigenvalue weighted by Gasteiger charge is 2.32. The van der Waals surface area contributed by atoms with Gasteiger partial charge in [-0.2, -0.15) is 4.98 Å². The number of ether oxygens (including phenoxy) is 2. The average molecular weight is 393 g/mol. The molecule has 0 saturated heterocycles. The summed E-state index contributed by atoms with van der Waals surface area (Å²) in [5.74, 6) is 2.18. The smallest absolute Gasteiger partial charge is 0.249 e. The Balaban J connectivity index is 1.61. The number of aromatic nitrogens is 2. The molecule has 1 amide bonds. The molecule has 1 fully saturated rings. The van der Waals surface area contributed by atoms with E-state index in [0.717, 1.165) is 18.4 Å². The van der Waals surface area contributed by atoms with E-state index in [1.807, 2.05) is 42.5 Å². The van der Waals surface area contributed by atoms with Crippen molar-refractivity contribution in [1.82, 2.24) is 15.5 Å². The van der Waals surface area contributed by atoms with Crippen LogP contribution in [0.4, 0.5) is 0 Å². The van der Waals surface area contributed by atoms with Gasteiger partial charge in [0.25, 0.3) is 0 Å². The summed E-state index contributed by atoms with van der Waals surface area (Å²) in [4.78, 5) is 16.9. The van der Waals surface area contributed by atoms with Crippen LogP contribution in [0.25, 0.3) is 11.4 Å². The fraction of sp³-hybridized carbons (Fsp3) is 0.318. The van der Waals surface area contributed by atoms with Crippen LogP contribution in [0, 0.1) is 5.92 Å². The lowest BCUT2D eigenvalue weighted by atomic mass is 10.1. The Morgan fingerprint density at radius 3 is 2.45 bits per heavy atom. The maximum Gasteiger partial charge on any atom is 0.249 e. The van der Waals surface area contributed by atoms with Crippen molar-refractivity contribution in [3.63, 3.8) is 0 Å². The maximum atomic E-state index is 12.4. The van der Waals surface area contributed by atoms with E-state index in [9.17, 15) is 4.79 Å². The number of carbonyl (C=O) groups excluding carboxylic acids is 1. The van der Waals surface area contributed by atoms with E-state index >= 15 is 0 Å². The zero-order valence-corrected chi connectivity index (χ0v) is 16.4. The lowest BCUT2D eigenvalue weighted by molar-refractivity contribution is -0.123. The molecule has 0 bridgehead atoms. The van der Waals surface area contributed by atoms with Crippen molar-refractivity contribution in [2.75, 3.05) is 14.2 Å². The molecule has 1 saturated carbocycles. The first-order valence-electron chi connectivity index (χ1n) is 9.57. The maximum absolute atomic E-state index is 12.4. The zero-order valence-electron chi connectivity index (χ0n) is 16.4. The summed E-state index contributed by atoms with van der Waals surface area (Å²) in [6.07, 6.45) is 2.44. The van der Waals surface area contributed by atoms with Crippen molar-refractivity contribution < 1.29 is 18.8 Å². The number of benzene rings is 2. The number of carbonyl (C=O) groups is 1. The van der Waals surface area contributed by atoms with E-state index < -0.39 is 0 Å². The molecule has 1 aliphatic rings. The van der Waals surface area contributed by atoms with E-state index in [1.54, 1.807) is 20.3 Å². The van der Waals surface area contributed by atoms with Gasteiger partial charge >= 0.3 is 0 Å². The van der Waals surface area contributed by atoms with Crippen molar-refractivity contribution in [3.05, 3.63) is 60.0 Å². The fourth-order valence-corrected chi connectivity index (χ4v) is 3.12. The van der Waals surface area contributed by atoms with E-state index in [0.29, 0.717) is 35.2 Å². The summed E-state index contributed by atoms with van der Waals surface area (Å²) in [7, 11) is 3.17. The fourth-order valence-electron chi connectivity index (χ4n) is 3.12. The van der Waals surface area contributed by atoms with Gasteiger partial charge in [-0.25, -0.2) is 0 Å². The molecular formula is C22H23N3O4. The second-order valence-electron chi connectivity index (χ2n) is 7.08. The van der Waals surface area contributed by atoms with Gasteiger partial charge in [-0.15, -0.1) is 0 Å². The highest BCUT2D eigenvalue weighted by molar-refractivity contribution is 5.81. The van der Waals surface area contributed by atoms with Crippen LogP contribution in [-0.2, 0) is 11.2 Å². The Bertz CT molecular complexity index is 960. The number of methoxy groups -OCH3 is 2. The van der Waals surface area contributed by atoms with E-state index in [2.05, 4.69) is 15.5 Å². The van der Waals surface area contributed by atoms with Crippen molar-refractivity contribution in [2.45, 2.75) is 25.3 Å². The highest BCUT2D eigenvalue weighted by Crippen LogP contribution is 2.31. The Kier molecular flexibility index (Phi) is 5.46. The van der Waals surface area contributed by atoms with E-state index in [-0.39, 0.29) is 17.9 Å². The van der Waals surface area contributed by atoms with Crippen LogP contribution in [-0.4, -0.2) is 30.3 Å². The minimum absolute atomic E-state index is 0.0359. The molecule has 0 radical (unpaired) electrons. The van der Waals surface area contributed by atoms with Crippen LogP contribution in [0.2, 0.25) is 0 Å². The predicted molar refractivity (Wildman–Crippen MR) is 107 cm³/mol. The third kappa shape index (κ3) is 4.56. The second kappa shape index (κ2) is 8.34. The predicted octanol–water partition coefficient (Wildman–Crippen LogP) is 3.56. The van der Waals surface area contributed by atoms with Gasteiger partial charge in [0.2, 0.25) is 17.6 Å². The summed E-state index contributed by atoms with van der Waals surface area (Å²) >= 11 is 0. The zero-order chi connectivity index (χ0) is 20.2. The first-order chi connectivity index (χ1) is 14.2. The standard InChI is InChI=1S/C22H23N3O4/c1-27-17-11-16(12-18(13-17)28-2)20-24-22(29-25-20)19(23-21(26)15-8-9-15)10-14-6-4-3-5-7-14/h3-7,11-13,15,19H,8-10H2,1-2H3,(H,23,26)/t19-/m0/s1. The molecule has 29 heavy (non-hydrogen) atoms. The minimum atomic E-state index is -0.390. The van der Waals surface area contributed by atoms with Crippen molar-refractivity contribution in [2.24, 2.45) is 5.92 Å². The molecule has 150 valence electrons. The van der Waals surface area contributed by atoms with Gasteiger partial charge < -0.3 is 19.3 Å². The normalized spacial score (nSPS) is 14.3. The lowest BCUT2D eigenvalue weighted by Crippen LogP contribution is -2.31. The van der Waals surface area contributed by atoms with Crippen LogP contribution in [0.15, 0.2) is 53.1 Å². The van der Waals surface area contributed by atoms with E-state index in [1.165, 1.54) is 0 Å². The molecule has 0 unspecified atom stereocenters. The van der Waals surface area contributed by atoms with Crippen LogP contribution in [0.5, 0.6) is 11.5 Å². The molecule has 1 aromatic heterocycles. The molecule has 2 aromatic carbocycles. The van der Waals surface area contributed by atoms with Gasteiger partial charge in [0, 0.05) is 24.0 Å². The number of nitrogens with zero attached hydrogens (tertiary/aromatic N) is 2. The summed E-state index contributed by atoms with van der Waals surface area (Å²) in [5.41, 5.74) is 1.79. The average Bonchev–Trinajstić information content (AvgIpc) is 3.50. The second-order valence-corrected chi connectivity index (χ2v) is 7.08. The molecule has 3 aromatic rings.